The first-order valence-electron chi connectivity index (χ1n) is 10.3. The molecule has 2 N–H and O–H groups in total. The Hall–Kier alpha value is -4.06. The van der Waals surface area contributed by atoms with Crippen LogP contribution >= 0.6 is 0 Å². The maximum absolute atomic E-state index is 13.1. The van der Waals surface area contributed by atoms with E-state index in [1.54, 1.807) is 36.4 Å². The molecular weight excluding hydrogens is 406 g/mol. The summed E-state index contributed by atoms with van der Waals surface area (Å²) < 4.78 is 5.51. The van der Waals surface area contributed by atoms with Gasteiger partial charge in [0.2, 0.25) is 0 Å². The van der Waals surface area contributed by atoms with Crippen LogP contribution < -0.4 is 4.74 Å². The van der Waals surface area contributed by atoms with Gasteiger partial charge in [-0.1, -0.05) is 54.6 Å². The summed E-state index contributed by atoms with van der Waals surface area (Å²) in [6.07, 6.45) is 0. The number of aliphatic hydroxyl groups excluding tert-OH is 1. The number of ether oxygens (including phenoxy) is 1. The SMILES string of the molecule is CCOc1cccc(/C(O)=C2\C(=O)C(=O)N(Cc3ccccc3)C2c2ccc(O)cc2)c1. The van der Waals surface area contributed by atoms with Gasteiger partial charge in [-0.25, -0.2) is 0 Å². The molecule has 0 spiro atoms. The van der Waals surface area contributed by atoms with Crippen LogP contribution in [-0.4, -0.2) is 33.4 Å². The number of phenols is 1. The van der Waals surface area contributed by atoms with Crippen LogP contribution in [0.15, 0.2) is 84.4 Å². The highest BCUT2D eigenvalue weighted by atomic mass is 16.5. The van der Waals surface area contributed by atoms with Crippen molar-refractivity contribution in [3.8, 4) is 11.5 Å². The molecule has 1 heterocycles. The van der Waals surface area contributed by atoms with Crippen LogP contribution in [0.1, 0.15) is 29.7 Å². The number of amides is 1. The van der Waals surface area contributed by atoms with Gasteiger partial charge in [-0.05, 0) is 42.3 Å². The zero-order valence-electron chi connectivity index (χ0n) is 17.6. The monoisotopic (exact) mass is 429 g/mol. The third-order valence-electron chi connectivity index (χ3n) is 5.36. The molecule has 1 unspecified atom stereocenters. The molecule has 1 atom stereocenters. The Morgan fingerprint density at radius 3 is 2.38 bits per heavy atom. The number of ketones is 1. The van der Waals surface area contributed by atoms with Crippen LogP contribution in [0.4, 0.5) is 0 Å². The Morgan fingerprint density at radius 1 is 0.969 bits per heavy atom. The fraction of sp³-hybridized carbons (Fsp3) is 0.154. The van der Waals surface area contributed by atoms with E-state index in [1.807, 2.05) is 37.3 Å². The molecule has 0 bridgehead atoms. The van der Waals surface area contributed by atoms with Gasteiger partial charge in [-0.3, -0.25) is 9.59 Å². The number of nitrogens with zero attached hydrogens (tertiary/aromatic N) is 1. The number of carbonyl (C=O) groups excluding carboxylic acids is 2. The molecule has 3 aromatic carbocycles. The maximum atomic E-state index is 13.1. The first kappa shape index (κ1) is 21.2. The fourth-order valence-corrected chi connectivity index (χ4v) is 3.88. The fourth-order valence-electron chi connectivity index (χ4n) is 3.88. The number of likely N-dealkylation sites (tertiary alicyclic amines) is 1. The minimum atomic E-state index is -0.799. The van der Waals surface area contributed by atoms with Crippen LogP contribution in [0.3, 0.4) is 0 Å². The van der Waals surface area contributed by atoms with Gasteiger partial charge in [0.05, 0.1) is 18.2 Å². The second-order valence-electron chi connectivity index (χ2n) is 7.46. The lowest BCUT2D eigenvalue weighted by atomic mass is 9.95. The molecule has 1 saturated heterocycles. The van der Waals surface area contributed by atoms with Crippen LogP contribution in [0.2, 0.25) is 0 Å². The molecule has 0 radical (unpaired) electrons. The summed E-state index contributed by atoms with van der Waals surface area (Å²) in [4.78, 5) is 27.6. The van der Waals surface area contributed by atoms with E-state index in [1.165, 1.54) is 17.0 Å². The van der Waals surface area contributed by atoms with Crippen molar-refractivity contribution >= 4 is 17.4 Å². The summed E-state index contributed by atoms with van der Waals surface area (Å²) in [5.41, 5.74) is 1.86. The maximum Gasteiger partial charge on any atom is 0.295 e. The lowest BCUT2D eigenvalue weighted by molar-refractivity contribution is -0.140. The summed E-state index contributed by atoms with van der Waals surface area (Å²) in [5, 5.41) is 20.9. The van der Waals surface area contributed by atoms with Gasteiger partial charge in [0.1, 0.15) is 17.3 Å². The highest BCUT2D eigenvalue weighted by Crippen LogP contribution is 2.40. The number of Topliss-reactive ketones (excluding diaryl/α,β-unsaturated/α-hetero) is 1. The van der Waals surface area contributed by atoms with Crippen molar-refractivity contribution in [1.82, 2.24) is 4.90 Å². The predicted molar refractivity (Wildman–Crippen MR) is 120 cm³/mol. The number of phenolic OH excluding ortho intramolecular Hbond substituents is 1. The number of benzene rings is 3. The summed E-state index contributed by atoms with van der Waals surface area (Å²) >= 11 is 0. The van der Waals surface area contributed by atoms with Crippen LogP contribution in [0.5, 0.6) is 11.5 Å². The van der Waals surface area contributed by atoms with Crippen molar-refractivity contribution in [2.75, 3.05) is 6.61 Å². The molecule has 1 aliphatic rings. The smallest absolute Gasteiger partial charge is 0.295 e. The molecule has 0 saturated carbocycles. The standard InChI is InChI=1S/C26H23NO5/c1-2-32-21-10-6-9-19(15-21)24(29)22-23(18-11-13-20(28)14-12-18)27(26(31)25(22)30)16-17-7-4-3-5-8-17/h3-15,23,28-29H,2,16H2,1H3/b24-22+. The molecule has 6 nitrogen and oxygen atoms in total. The van der Waals surface area contributed by atoms with E-state index in [2.05, 4.69) is 0 Å². The Kier molecular flexibility index (Phi) is 5.94. The summed E-state index contributed by atoms with van der Waals surface area (Å²) in [5.74, 6) is -1.08. The second kappa shape index (κ2) is 8.98. The van der Waals surface area contributed by atoms with E-state index >= 15 is 0 Å². The minimum Gasteiger partial charge on any atom is -0.508 e. The van der Waals surface area contributed by atoms with E-state index in [4.69, 9.17) is 4.74 Å². The molecule has 1 fully saturated rings. The molecule has 1 amide bonds. The summed E-state index contributed by atoms with van der Waals surface area (Å²) in [7, 11) is 0. The summed E-state index contributed by atoms with van der Waals surface area (Å²) in [6.45, 7) is 2.51. The molecule has 0 aromatic heterocycles. The molecule has 32 heavy (non-hydrogen) atoms. The van der Waals surface area contributed by atoms with Gasteiger partial charge in [-0.2, -0.15) is 0 Å². The van der Waals surface area contributed by atoms with Crippen LogP contribution in [0.25, 0.3) is 5.76 Å². The normalized spacial score (nSPS) is 17.5. The molecule has 4 rings (SSSR count). The van der Waals surface area contributed by atoms with Crippen molar-refractivity contribution in [3.05, 3.63) is 101 Å². The quantitative estimate of drug-likeness (QED) is 0.344. The molecule has 1 aliphatic heterocycles. The molecule has 3 aromatic rings. The second-order valence-corrected chi connectivity index (χ2v) is 7.46. The number of hydrogen-bond donors (Lipinski definition) is 2. The van der Waals surface area contributed by atoms with Gasteiger partial charge in [0.15, 0.2) is 0 Å². The molecule has 6 heteroatoms. The average molecular weight is 429 g/mol. The number of rotatable bonds is 6. The van der Waals surface area contributed by atoms with E-state index in [0.717, 1.165) is 5.56 Å². The molecular formula is C26H23NO5. The topological polar surface area (TPSA) is 87.1 Å². The zero-order chi connectivity index (χ0) is 22.7. The lowest BCUT2D eigenvalue weighted by Crippen LogP contribution is -2.29. The van der Waals surface area contributed by atoms with Crippen molar-refractivity contribution < 1.29 is 24.5 Å². The van der Waals surface area contributed by atoms with Gasteiger partial charge in [-0.15, -0.1) is 0 Å². The average Bonchev–Trinajstić information content (AvgIpc) is 3.05. The van der Waals surface area contributed by atoms with Crippen molar-refractivity contribution in [3.63, 3.8) is 0 Å². The third kappa shape index (κ3) is 4.07. The number of hydrogen-bond acceptors (Lipinski definition) is 5. The van der Waals surface area contributed by atoms with E-state index < -0.39 is 17.7 Å². The van der Waals surface area contributed by atoms with Gasteiger partial charge < -0.3 is 19.8 Å². The first-order chi connectivity index (χ1) is 15.5. The first-order valence-corrected chi connectivity index (χ1v) is 10.3. The highest BCUT2D eigenvalue weighted by Gasteiger charge is 2.46. The van der Waals surface area contributed by atoms with Gasteiger partial charge >= 0.3 is 0 Å². The summed E-state index contributed by atoms with van der Waals surface area (Å²) in [6, 6.07) is 21.6. The van der Waals surface area contributed by atoms with E-state index in [9.17, 15) is 19.8 Å². The third-order valence-corrected chi connectivity index (χ3v) is 5.36. The lowest BCUT2D eigenvalue weighted by Gasteiger charge is -2.25. The Balaban J connectivity index is 1.84. The largest absolute Gasteiger partial charge is 0.508 e. The number of aromatic hydroxyl groups is 1. The number of carbonyl (C=O) groups is 2. The molecule has 162 valence electrons. The predicted octanol–water partition coefficient (Wildman–Crippen LogP) is 4.41. The van der Waals surface area contributed by atoms with Crippen molar-refractivity contribution in [2.45, 2.75) is 19.5 Å². The zero-order valence-corrected chi connectivity index (χ0v) is 17.6. The van der Waals surface area contributed by atoms with Crippen LogP contribution in [-0.2, 0) is 16.1 Å². The Morgan fingerprint density at radius 2 is 1.69 bits per heavy atom. The Bertz CT molecular complexity index is 1170. The minimum absolute atomic E-state index is 0.00488. The highest BCUT2D eigenvalue weighted by molar-refractivity contribution is 6.46. The van der Waals surface area contributed by atoms with E-state index in [-0.39, 0.29) is 23.6 Å². The van der Waals surface area contributed by atoms with Crippen molar-refractivity contribution in [1.29, 1.82) is 0 Å². The molecule has 0 aliphatic carbocycles. The van der Waals surface area contributed by atoms with Gasteiger partial charge in [0, 0.05) is 12.1 Å². The van der Waals surface area contributed by atoms with Gasteiger partial charge in [0.25, 0.3) is 11.7 Å². The Labute approximate surface area is 186 Å². The van der Waals surface area contributed by atoms with Crippen molar-refractivity contribution in [2.24, 2.45) is 0 Å². The number of aliphatic hydroxyl groups is 1. The van der Waals surface area contributed by atoms with E-state index in [0.29, 0.717) is 23.5 Å². The van der Waals surface area contributed by atoms with Crippen LogP contribution in [0, 0.1) is 0 Å².